The van der Waals surface area contributed by atoms with Crippen molar-refractivity contribution in [3.05, 3.63) is 62.8 Å². The number of hydrogen-bond acceptors (Lipinski definition) is 2. The van der Waals surface area contributed by atoms with E-state index in [0.29, 0.717) is 16.8 Å². The average molecular weight is 359 g/mol. The highest BCUT2D eigenvalue weighted by Gasteiger charge is 2.08. The van der Waals surface area contributed by atoms with Crippen LogP contribution in [0.25, 0.3) is 0 Å². The summed E-state index contributed by atoms with van der Waals surface area (Å²) < 4.78 is 19.6. The van der Waals surface area contributed by atoms with Gasteiger partial charge in [0.05, 0.1) is 9.50 Å². The van der Waals surface area contributed by atoms with Crippen LogP contribution in [0, 0.1) is 5.82 Å². The largest absolute Gasteiger partial charge is 0.488 e. The minimum Gasteiger partial charge on any atom is -0.488 e. The Morgan fingerprint density at radius 3 is 2.50 bits per heavy atom. The van der Waals surface area contributed by atoms with Crippen molar-refractivity contribution in [1.29, 1.82) is 0 Å². The van der Waals surface area contributed by atoms with Crippen LogP contribution in [0.2, 0.25) is 5.02 Å². The van der Waals surface area contributed by atoms with Gasteiger partial charge in [0.15, 0.2) is 0 Å². The van der Waals surface area contributed by atoms with E-state index in [-0.39, 0.29) is 5.02 Å². The molecule has 0 aliphatic rings. The van der Waals surface area contributed by atoms with Crippen LogP contribution in [-0.2, 0) is 13.2 Å². The van der Waals surface area contributed by atoms with Gasteiger partial charge in [-0.3, -0.25) is 0 Å². The summed E-state index contributed by atoms with van der Waals surface area (Å²) in [5.74, 6) is -0.0552. The number of hydrogen-bond donors (Lipinski definition) is 1. The Hall–Kier alpha value is -1.10. The van der Waals surface area contributed by atoms with Gasteiger partial charge < -0.3 is 10.1 Å². The molecule has 2 rings (SSSR count). The molecule has 0 aliphatic carbocycles. The summed E-state index contributed by atoms with van der Waals surface area (Å²) in [4.78, 5) is 0. The molecular formula is C15H14BrClFNO. The third kappa shape index (κ3) is 3.95. The first-order chi connectivity index (χ1) is 9.60. The van der Waals surface area contributed by atoms with Crippen molar-refractivity contribution in [1.82, 2.24) is 5.32 Å². The zero-order valence-corrected chi connectivity index (χ0v) is 13.3. The Kier molecular flexibility index (Phi) is 5.40. The fourth-order valence-electron chi connectivity index (χ4n) is 1.73. The Bertz CT molecular complexity index is 589. The lowest BCUT2D eigenvalue weighted by Crippen LogP contribution is -2.05. The summed E-state index contributed by atoms with van der Waals surface area (Å²) in [5, 5.41) is 3.16. The topological polar surface area (TPSA) is 21.3 Å². The molecule has 0 aromatic heterocycles. The molecule has 2 aromatic carbocycles. The van der Waals surface area contributed by atoms with Crippen molar-refractivity contribution in [2.75, 3.05) is 7.05 Å². The van der Waals surface area contributed by atoms with E-state index in [1.54, 1.807) is 0 Å². The second-order valence-electron chi connectivity index (χ2n) is 4.33. The molecule has 0 spiro atoms. The zero-order valence-electron chi connectivity index (χ0n) is 10.9. The quantitative estimate of drug-likeness (QED) is 0.792. The monoisotopic (exact) mass is 357 g/mol. The molecular weight excluding hydrogens is 345 g/mol. The molecule has 0 saturated heterocycles. The first-order valence-electron chi connectivity index (χ1n) is 6.10. The van der Waals surface area contributed by atoms with Gasteiger partial charge in [-0.05, 0) is 40.2 Å². The minimum atomic E-state index is -0.491. The van der Waals surface area contributed by atoms with Gasteiger partial charge in [-0.2, -0.15) is 0 Å². The zero-order chi connectivity index (χ0) is 14.5. The fourth-order valence-corrected chi connectivity index (χ4v) is 2.49. The van der Waals surface area contributed by atoms with Gasteiger partial charge in [0, 0.05) is 12.6 Å². The molecule has 106 valence electrons. The van der Waals surface area contributed by atoms with Crippen LogP contribution in [0.4, 0.5) is 4.39 Å². The van der Waals surface area contributed by atoms with Gasteiger partial charge in [-0.1, -0.05) is 35.9 Å². The molecule has 0 atom stereocenters. The van der Waals surface area contributed by atoms with E-state index in [9.17, 15) is 4.39 Å². The molecule has 0 heterocycles. The molecule has 0 unspecified atom stereocenters. The Labute approximate surface area is 131 Å². The lowest BCUT2D eigenvalue weighted by Gasteiger charge is -2.09. The number of rotatable bonds is 5. The van der Waals surface area contributed by atoms with Crippen molar-refractivity contribution in [2.45, 2.75) is 13.2 Å². The van der Waals surface area contributed by atoms with Gasteiger partial charge in [0.1, 0.15) is 18.2 Å². The highest BCUT2D eigenvalue weighted by atomic mass is 79.9. The van der Waals surface area contributed by atoms with E-state index in [2.05, 4.69) is 21.2 Å². The Balaban J connectivity index is 2.03. The number of ether oxygens (including phenoxy) is 1. The van der Waals surface area contributed by atoms with E-state index < -0.39 is 5.82 Å². The summed E-state index contributed by atoms with van der Waals surface area (Å²) in [6.45, 7) is 1.20. The summed E-state index contributed by atoms with van der Waals surface area (Å²) in [7, 11) is 1.91. The smallest absolute Gasteiger partial charge is 0.145 e. The Morgan fingerprint density at radius 1 is 1.20 bits per heavy atom. The van der Waals surface area contributed by atoms with Gasteiger partial charge in [0.2, 0.25) is 0 Å². The maximum Gasteiger partial charge on any atom is 0.145 e. The van der Waals surface area contributed by atoms with Gasteiger partial charge in [0.25, 0.3) is 0 Å². The van der Waals surface area contributed by atoms with Gasteiger partial charge in [-0.25, -0.2) is 4.39 Å². The molecule has 0 fully saturated rings. The molecule has 0 saturated carbocycles. The van der Waals surface area contributed by atoms with E-state index in [0.717, 1.165) is 12.1 Å². The van der Waals surface area contributed by atoms with Crippen LogP contribution in [0.3, 0.4) is 0 Å². The predicted molar refractivity (Wildman–Crippen MR) is 82.6 cm³/mol. The van der Waals surface area contributed by atoms with Gasteiger partial charge in [-0.15, -0.1) is 0 Å². The van der Waals surface area contributed by atoms with Crippen molar-refractivity contribution in [3.63, 3.8) is 0 Å². The first-order valence-corrected chi connectivity index (χ1v) is 7.27. The highest BCUT2D eigenvalue weighted by molar-refractivity contribution is 9.10. The maximum absolute atomic E-state index is 13.4. The van der Waals surface area contributed by atoms with E-state index in [1.807, 2.05) is 31.3 Å². The van der Waals surface area contributed by atoms with Crippen LogP contribution < -0.4 is 10.1 Å². The molecule has 0 amide bonds. The SMILES string of the molecule is CNCc1ccc(COc2cc(F)c(Cl)cc2Br)cc1. The molecule has 2 aromatic rings. The lowest BCUT2D eigenvalue weighted by molar-refractivity contribution is 0.302. The molecule has 1 N–H and O–H groups in total. The maximum atomic E-state index is 13.4. The average Bonchev–Trinajstić information content (AvgIpc) is 2.43. The molecule has 0 bridgehead atoms. The number of halogens is 3. The predicted octanol–water partition coefficient (Wildman–Crippen LogP) is 4.54. The molecule has 2 nitrogen and oxygen atoms in total. The summed E-state index contributed by atoms with van der Waals surface area (Å²) >= 11 is 8.99. The second kappa shape index (κ2) is 7.07. The van der Waals surface area contributed by atoms with Crippen LogP contribution >= 0.6 is 27.5 Å². The standard InChI is InChI=1S/C15H14BrClFNO/c1-19-8-10-2-4-11(5-3-10)9-20-15-7-14(18)13(17)6-12(15)16/h2-7,19H,8-9H2,1H3. The molecule has 0 radical (unpaired) electrons. The van der Waals surface area contributed by atoms with Crippen LogP contribution in [0.5, 0.6) is 5.75 Å². The van der Waals surface area contributed by atoms with Gasteiger partial charge >= 0.3 is 0 Å². The van der Waals surface area contributed by atoms with Crippen molar-refractivity contribution in [3.8, 4) is 5.75 Å². The van der Waals surface area contributed by atoms with Crippen molar-refractivity contribution in [2.24, 2.45) is 0 Å². The second-order valence-corrected chi connectivity index (χ2v) is 5.59. The lowest BCUT2D eigenvalue weighted by atomic mass is 10.1. The third-order valence-corrected chi connectivity index (χ3v) is 3.68. The van der Waals surface area contributed by atoms with Crippen LogP contribution in [0.1, 0.15) is 11.1 Å². The molecule has 20 heavy (non-hydrogen) atoms. The number of nitrogens with one attached hydrogen (secondary N) is 1. The van der Waals surface area contributed by atoms with E-state index in [4.69, 9.17) is 16.3 Å². The summed E-state index contributed by atoms with van der Waals surface area (Å²) in [6, 6.07) is 10.8. The normalized spacial score (nSPS) is 10.6. The van der Waals surface area contributed by atoms with E-state index >= 15 is 0 Å². The third-order valence-electron chi connectivity index (χ3n) is 2.77. The van der Waals surface area contributed by atoms with E-state index in [1.165, 1.54) is 17.7 Å². The molecule has 5 heteroatoms. The van der Waals surface area contributed by atoms with Crippen LogP contribution in [0.15, 0.2) is 40.9 Å². The van der Waals surface area contributed by atoms with Crippen molar-refractivity contribution >= 4 is 27.5 Å². The highest BCUT2D eigenvalue weighted by Crippen LogP contribution is 2.31. The number of benzene rings is 2. The molecule has 0 aliphatic heterocycles. The summed E-state index contributed by atoms with van der Waals surface area (Å²) in [6.07, 6.45) is 0. The Morgan fingerprint density at radius 2 is 1.85 bits per heavy atom. The summed E-state index contributed by atoms with van der Waals surface area (Å²) in [5.41, 5.74) is 2.22. The minimum absolute atomic E-state index is 0.0700. The first kappa shape index (κ1) is 15.3. The van der Waals surface area contributed by atoms with Crippen LogP contribution in [-0.4, -0.2) is 7.05 Å². The van der Waals surface area contributed by atoms with Crippen molar-refractivity contribution < 1.29 is 9.13 Å². The fraction of sp³-hybridized carbons (Fsp3) is 0.200.